The van der Waals surface area contributed by atoms with Crippen molar-refractivity contribution >= 4 is 6.03 Å². The first kappa shape index (κ1) is 17.5. The second-order valence-corrected chi connectivity index (χ2v) is 7.03. The van der Waals surface area contributed by atoms with Gasteiger partial charge in [-0.1, -0.05) is 12.1 Å². The van der Waals surface area contributed by atoms with Crippen LogP contribution in [0, 0.1) is 11.7 Å². The summed E-state index contributed by atoms with van der Waals surface area (Å²) in [5, 5.41) is 2.97. The fraction of sp³-hybridized carbons (Fsp3) is 0.474. The summed E-state index contributed by atoms with van der Waals surface area (Å²) >= 11 is 0. The minimum Gasteiger partial charge on any atom is -0.336 e. The van der Waals surface area contributed by atoms with E-state index in [2.05, 4.69) is 10.3 Å². The van der Waals surface area contributed by atoms with Crippen molar-refractivity contribution in [2.45, 2.75) is 45.8 Å². The maximum Gasteiger partial charge on any atom is 0.318 e. The van der Waals surface area contributed by atoms with Crippen LogP contribution in [0.25, 0.3) is 0 Å². The summed E-state index contributed by atoms with van der Waals surface area (Å²) in [7, 11) is 0. The number of carbonyl (C=O) groups excluding carboxylic acids is 1. The van der Waals surface area contributed by atoms with Crippen LogP contribution in [0.15, 0.2) is 36.7 Å². The molecule has 2 aromatic rings. The molecule has 0 radical (unpaired) electrons. The van der Waals surface area contributed by atoms with Gasteiger partial charge >= 0.3 is 6.03 Å². The van der Waals surface area contributed by atoms with Crippen molar-refractivity contribution in [1.29, 1.82) is 0 Å². The predicted molar refractivity (Wildman–Crippen MR) is 94.5 cm³/mol. The number of benzene rings is 1. The SMILES string of the molecule is CC(C)NC(=O)N(Cc1nccn1Cc1ccc(F)cc1)CC1CC1. The molecule has 25 heavy (non-hydrogen) atoms. The van der Waals surface area contributed by atoms with Crippen molar-refractivity contribution in [3.05, 3.63) is 53.9 Å². The quantitative estimate of drug-likeness (QED) is 0.837. The first-order valence-corrected chi connectivity index (χ1v) is 8.81. The van der Waals surface area contributed by atoms with Crippen molar-refractivity contribution < 1.29 is 9.18 Å². The summed E-state index contributed by atoms with van der Waals surface area (Å²) in [5.74, 6) is 1.21. The molecule has 2 amide bonds. The van der Waals surface area contributed by atoms with Crippen LogP contribution in [0.2, 0.25) is 0 Å². The Morgan fingerprint density at radius 3 is 2.72 bits per heavy atom. The molecule has 3 rings (SSSR count). The van der Waals surface area contributed by atoms with Gasteiger partial charge in [0, 0.05) is 31.5 Å². The average Bonchev–Trinajstić information content (AvgIpc) is 3.28. The van der Waals surface area contributed by atoms with Crippen molar-refractivity contribution in [3.63, 3.8) is 0 Å². The molecule has 0 atom stereocenters. The molecule has 1 aromatic carbocycles. The topological polar surface area (TPSA) is 50.2 Å². The van der Waals surface area contributed by atoms with Gasteiger partial charge in [-0.05, 0) is 50.3 Å². The fourth-order valence-corrected chi connectivity index (χ4v) is 2.76. The second-order valence-electron chi connectivity index (χ2n) is 7.03. The van der Waals surface area contributed by atoms with Gasteiger partial charge in [0.1, 0.15) is 11.6 Å². The highest BCUT2D eigenvalue weighted by molar-refractivity contribution is 5.74. The van der Waals surface area contributed by atoms with E-state index in [0.29, 0.717) is 19.0 Å². The highest BCUT2D eigenvalue weighted by atomic mass is 19.1. The first-order valence-electron chi connectivity index (χ1n) is 8.81. The lowest BCUT2D eigenvalue weighted by molar-refractivity contribution is 0.187. The Balaban J connectivity index is 1.70. The molecule has 0 aliphatic heterocycles. The molecule has 1 heterocycles. The molecule has 1 aromatic heterocycles. The Morgan fingerprint density at radius 1 is 1.36 bits per heavy atom. The molecular formula is C19H25FN4O. The van der Waals surface area contributed by atoms with Crippen LogP contribution in [-0.4, -0.2) is 33.1 Å². The van der Waals surface area contributed by atoms with Crippen LogP contribution < -0.4 is 5.32 Å². The third-order valence-electron chi connectivity index (χ3n) is 4.28. The minimum atomic E-state index is -0.240. The van der Waals surface area contributed by atoms with E-state index < -0.39 is 0 Å². The monoisotopic (exact) mass is 344 g/mol. The molecule has 0 spiro atoms. The van der Waals surface area contributed by atoms with Gasteiger partial charge in [-0.3, -0.25) is 0 Å². The standard InChI is InChI=1S/C19H25FN4O/c1-14(2)22-19(25)24(12-15-3-4-15)13-18-21-9-10-23(18)11-16-5-7-17(20)8-6-16/h5-10,14-15H,3-4,11-13H2,1-2H3,(H,22,25). The average molecular weight is 344 g/mol. The first-order chi connectivity index (χ1) is 12.0. The van der Waals surface area contributed by atoms with Gasteiger partial charge < -0.3 is 14.8 Å². The summed E-state index contributed by atoms with van der Waals surface area (Å²) in [6, 6.07) is 6.52. The Morgan fingerprint density at radius 2 is 2.08 bits per heavy atom. The maximum absolute atomic E-state index is 13.1. The van der Waals surface area contributed by atoms with Gasteiger partial charge in [-0.25, -0.2) is 14.2 Å². The zero-order valence-corrected chi connectivity index (χ0v) is 14.8. The number of nitrogens with one attached hydrogen (secondary N) is 1. The van der Waals surface area contributed by atoms with E-state index >= 15 is 0 Å². The molecule has 0 bridgehead atoms. The third kappa shape index (κ3) is 5.05. The van der Waals surface area contributed by atoms with Gasteiger partial charge in [-0.15, -0.1) is 0 Å². The van der Waals surface area contributed by atoms with Crippen LogP contribution in [0.4, 0.5) is 9.18 Å². The van der Waals surface area contributed by atoms with Crippen molar-refractivity contribution in [2.75, 3.05) is 6.54 Å². The predicted octanol–water partition coefficient (Wildman–Crippen LogP) is 3.40. The third-order valence-corrected chi connectivity index (χ3v) is 4.28. The lowest BCUT2D eigenvalue weighted by Crippen LogP contribution is -2.43. The van der Waals surface area contributed by atoms with Gasteiger partial charge in [0.15, 0.2) is 0 Å². The molecule has 5 nitrogen and oxygen atoms in total. The lowest BCUT2D eigenvalue weighted by Gasteiger charge is -2.24. The van der Waals surface area contributed by atoms with Gasteiger partial charge in [-0.2, -0.15) is 0 Å². The van der Waals surface area contributed by atoms with Crippen LogP contribution in [0.3, 0.4) is 0 Å². The molecule has 0 saturated heterocycles. The van der Waals surface area contributed by atoms with Gasteiger partial charge in [0.05, 0.1) is 6.54 Å². The highest BCUT2D eigenvalue weighted by Gasteiger charge is 2.27. The van der Waals surface area contributed by atoms with Gasteiger partial charge in [0.25, 0.3) is 0 Å². The van der Waals surface area contributed by atoms with E-state index in [1.165, 1.54) is 25.0 Å². The number of amides is 2. The maximum atomic E-state index is 13.1. The molecule has 1 saturated carbocycles. The second kappa shape index (κ2) is 7.68. The van der Waals surface area contributed by atoms with E-state index in [4.69, 9.17) is 0 Å². The van der Waals surface area contributed by atoms with E-state index in [1.54, 1.807) is 18.3 Å². The number of nitrogens with zero attached hydrogens (tertiary/aromatic N) is 3. The van der Waals surface area contributed by atoms with E-state index in [1.807, 2.05) is 29.5 Å². The van der Waals surface area contributed by atoms with Crippen molar-refractivity contribution in [2.24, 2.45) is 5.92 Å². The Hall–Kier alpha value is -2.37. The number of hydrogen-bond acceptors (Lipinski definition) is 2. The fourth-order valence-electron chi connectivity index (χ4n) is 2.76. The molecule has 1 fully saturated rings. The van der Waals surface area contributed by atoms with Crippen LogP contribution in [0.1, 0.15) is 38.1 Å². The largest absolute Gasteiger partial charge is 0.336 e. The molecule has 6 heteroatoms. The lowest BCUT2D eigenvalue weighted by atomic mass is 10.2. The number of carbonyl (C=O) groups is 1. The Bertz CT molecular complexity index is 706. The van der Waals surface area contributed by atoms with Gasteiger partial charge in [0.2, 0.25) is 0 Å². The summed E-state index contributed by atoms with van der Waals surface area (Å²) in [4.78, 5) is 18.8. The number of urea groups is 1. The summed E-state index contributed by atoms with van der Waals surface area (Å²) in [6.45, 7) is 5.77. The zero-order valence-electron chi connectivity index (χ0n) is 14.8. The summed E-state index contributed by atoms with van der Waals surface area (Å²) < 4.78 is 15.1. The van der Waals surface area contributed by atoms with Crippen molar-refractivity contribution in [3.8, 4) is 0 Å². The highest BCUT2D eigenvalue weighted by Crippen LogP contribution is 2.30. The van der Waals surface area contributed by atoms with Crippen molar-refractivity contribution in [1.82, 2.24) is 19.8 Å². The number of halogens is 1. The van der Waals surface area contributed by atoms with E-state index in [-0.39, 0.29) is 17.9 Å². The van der Waals surface area contributed by atoms with E-state index in [0.717, 1.165) is 17.9 Å². The molecule has 1 aliphatic rings. The molecule has 1 aliphatic carbocycles. The summed E-state index contributed by atoms with van der Waals surface area (Å²) in [5.41, 5.74) is 1.00. The molecule has 134 valence electrons. The number of rotatable bonds is 7. The minimum absolute atomic E-state index is 0.0433. The number of hydrogen-bond donors (Lipinski definition) is 1. The van der Waals surface area contributed by atoms with Crippen LogP contribution >= 0.6 is 0 Å². The Kier molecular flexibility index (Phi) is 5.36. The summed E-state index contributed by atoms with van der Waals surface area (Å²) in [6.07, 6.45) is 6.02. The van der Waals surface area contributed by atoms with Crippen LogP contribution in [0.5, 0.6) is 0 Å². The molecule has 0 unspecified atom stereocenters. The normalized spacial score (nSPS) is 13.9. The zero-order chi connectivity index (χ0) is 17.8. The molecular weight excluding hydrogens is 319 g/mol. The van der Waals surface area contributed by atoms with E-state index in [9.17, 15) is 9.18 Å². The Labute approximate surface area is 147 Å². The smallest absolute Gasteiger partial charge is 0.318 e. The number of aromatic nitrogens is 2. The number of imidazole rings is 1. The molecule has 1 N–H and O–H groups in total. The van der Waals surface area contributed by atoms with Crippen LogP contribution in [-0.2, 0) is 13.1 Å².